The predicted octanol–water partition coefficient (Wildman–Crippen LogP) is 2.70. The normalized spacial score (nSPS) is 29.0. The fourth-order valence-corrected chi connectivity index (χ4v) is 5.91. The van der Waals surface area contributed by atoms with E-state index in [1.165, 1.54) is 6.42 Å². The van der Waals surface area contributed by atoms with Gasteiger partial charge >= 0.3 is 0 Å². The van der Waals surface area contributed by atoms with Crippen LogP contribution in [-0.2, 0) is 0 Å². The molecule has 0 radical (unpaired) electrons. The standard InChI is InChI=1S/C3H6I2Si/c4-6(5)2-1-3-6/h1-3H2. The Morgan fingerprint density at radius 2 is 1.50 bits per heavy atom. The van der Waals surface area contributed by atoms with Gasteiger partial charge in [-0.3, -0.25) is 0 Å². The molecule has 1 aliphatic heterocycles. The Morgan fingerprint density at radius 1 is 1.17 bits per heavy atom. The van der Waals surface area contributed by atoms with Crippen LogP contribution in [0.1, 0.15) is 6.42 Å². The number of rotatable bonds is 0. The summed E-state index contributed by atoms with van der Waals surface area (Å²) in [6, 6.07) is 3.13. The van der Waals surface area contributed by atoms with Crippen molar-refractivity contribution in [2.24, 2.45) is 0 Å². The second-order valence-electron chi connectivity index (χ2n) is 1.71. The largest absolute Gasteiger partial charge is 0.191 e. The second-order valence-corrected chi connectivity index (χ2v) is 23.0. The van der Waals surface area contributed by atoms with Crippen LogP contribution in [0.5, 0.6) is 0 Å². The van der Waals surface area contributed by atoms with Crippen molar-refractivity contribution < 1.29 is 0 Å². The lowest BCUT2D eigenvalue weighted by Gasteiger charge is -2.26. The van der Waals surface area contributed by atoms with Crippen LogP contribution in [0.3, 0.4) is 0 Å². The van der Waals surface area contributed by atoms with Gasteiger partial charge in [0.15, 0.2) is 3.07 Å². The third-order valence-electron chi connectivity index (χ3n) is 1.09. The molecular formula is C3H6I2Si. The summed E-state index contributed by atoms with van der Waals surface area (Å²) in [7, 11) is 0. The molecule has 0 saturated carbocycles. The Bertz CT molecular complexity index is 55.8. The van der Waals surface area contributed by atoms with E-state index in [4.69, 9.17) is 0 Å². The topological polar surface area (TPSA) is 0 Å². The Hall–Kier alpha value is 1.68. The van der Waals surface area contributed by atoms with E-state index in [1.54, 1.807) is 12.1 Å². The lowest BCUT2D eigenvalue weighted by Crippen LogP contribution is -2.25. The maximum absolute atomic E-state index is 2.65. The molecule has 0 aromatic carbocycles. The minimum absolute atomic E-state index is 0.511. The van der Waals surface area contributed by atoms with Crippen molar-refractivity contribution in [3.05, 3.63) is 0 Å². The van der Waals surface area contributed by atoms with Gasteiger partial charge in [-0.1, -0.05) is 6.42 Å². The highest BCUT2D eigenvalue weighted by molar-refractivity contribution is 14.3. The molecule has 3 heteroatoms. The molecule has 0 unspecified atom stereocenters. The maximum atomic E-state index is 2.65. The summed E-state index contributed by atoms with van der Waals surface area (Å²) in [5.41, 5.74) is 0. The van der Waals surface area contributed by atoms with Gasteiger partial charge in [0.05, 0.1) is 0 Å². The summed E-state index contributed by atoms with van der Waals surface area (Å²) in [5.74, 6) is 0. The molecular weight excluding hydrogens is 318 g/mol. The van der Waals surface area contributed by atoms with Crippen LogP contribution in [0.15, 0.2) is 0 Å². The van der Waals surface area contributed by atoms with Crippen molar-refractivity contribution in [2.75, 3.05) is 0 Å². The number of hydrogen-bond donors (Lipinski definition) is 0. The first kappa shape index (κ1) is 5.81. The molecule has 0 aromatic heterocycles. The molecule has 0 aliphatic carbocycles. The Labute approximate surface area is 64.5 Å². The van der Waals surface area contributed by atoms with Crippen LogP contribution in [-0.4, -0.2) is 3.07 Å². The molecule has 1 rings (SSSR count). The fraction of sp³-hybridized carbons (Fsp3) is 1.00. The summed E-state index contributed by atoms with van der Waals surface area (Å²) in [6.07, 6.45) is 1.51. The fourth-order valence-electron chi connectivity index (χ4n) is 0.444. The average Bonchev–Trinajstić information content (AvgIpc) is 1.32. The monoisotopic (exact) mass is 324 g/mol. The van der Waals surface area contributed by atoms with E-state index >= 15 is 0 Å². The van der Waals surface area contributed by atoms with E-state index in [2.05, 4.69) is 43.6 Å². The van der Waals surface area contributed by atoms with E-state index in [0.717, 1.165) is 0 Å². The first-order valence-corrected chi connectivity index (χ1v) is 10.7. The van der Waals surface area contributed by atoms with E-state index < -0.39 is 3.07 Å². The summed E-state index contributed by atoms with van der Waals surface area (Å²) in [6.45, 7) is 0. The lowest BCUT2D eigenvalue weighted by molar-refractivity contribution is 0.964. The first-order chi connectivity index (χ1) is 2.71. The minimum Gasteiger partial charge on any atom is -0.105 e. The molecule has 0 bridgehead atoms. The highest BCUT2D eigenvalue weighted by Gasteiger charge is 2.33. The Kier molecular flexibility index (Phi) is 1.83. The molecule has 1 saturated heterocycles. The SMILES string of the molecule is I[Si]1(I)CCC1. The molecule has 6 heavy (non-hydrogen) atoms. The van der Waals surface area contributed by atoms with Crippen LogP contribution in [0.25, 0.3) is 0 Å². The highest BCUT2D eigenvalue weighted by Crippen LogP contribution is 2.43. The van der Waals surface area contributed by atoms with Crippen LogP contribution in [0.2, 0.25) is 12.1 Å². The van der Waals surface area contributed by atoms with Gasteiger partial charge in [-0.2, -0.15) is 0 Å². The molecule has 0 nitrogen and oxygen atoms in total. The zero-order chi connectivity index (χ0) is 4.62. The molecule has 0 spiro atoms. The smallest absolute Gasteiger partial charge is 0.105 e. The Morgan fingerprint density at radius 3 is 1.50 bits per heavy atom. The van der Waals surface area contributed by atoms with Gasteiger partial charge in [-0.15, -0.1) is 43.6 Å². The van der Waals surface area contributed by atoms with Crippen molar-refractivity contribution in [2.45, 2.75) is 18.5 Å². The van der Waals surface area contributed by atoms with E-state index in [0.29, 0.717) is 0 Å². The maximum Gasteiger partial charge on any atom is 0.191 e. The third kappa shape index (κ3) is 1.33. The number of halogens is 2. The van der Waals surface area contributed by atoms with Gasteiger partial charge in [0.1, 0.15) is 0 Å². The molecule has 1 fully saturated rings. The van der Waals surface area contributed by atoms with Gasteiger partial charge < -0.3 is 0 Å². The van der Waals surface area contributed by atoms with Crippen LogP contribution in [0, 0.1) is 0 Å². The highest BCUT2D eigenvalue weighted by atomic mass is 127. The van der Waals surface area contributed by atoms with Gasteiger partial charge in [0.2, 0.25) is 0 Å². The summed E-state index contributed by atoms with van der Waals surface area (Å²) < 4.78 is -0.511. The van der Waals surface area contributed by atoms with Gasteiger partial charge in [0.25, 0.3) is 0 Å². The molecule has 0 N–H and O–H groups in total. The second kappa shape index (κ2) is 1.89. The van der Waals surface area contributed by atoms with Gasteiger partial charge in [-0.05, 0) is 12.1 Å². The van der Waals surface area contributed by atoms with Crippen molar-refractivity contribution in [1.82, 2.24) is 0 Å². The van der Waals surface area contributed by atoms with Gasteiger partial charge in [0, 0.05) is 0 Å². The zero-order valence-electron chi connectivity index (χ0n) is 3.38. The molecule has 1 heterocycles. The van der Waals surface area contributed by atoms with Crippen LogP contribution >= 0.6 is 43.6 Å². The summed E-state index contributed by atoms with van der Waals surface area (Å²) in [5, 5.41) is 0. The molecule has 36 valence electrons. The first-order valence-electron chi connectivity index (χ1n) is 2.09. The van der Waals surface area contributed by atoms with Crippen LogP contribution in [0.4, 0.5) is 0 Å². The van der Waals surface area contributed by atoms with Crippen molar-refractivity contribution in [3.8, 4) is 0 Å². The van der Waals surface area contributed by atoms with E-state index in [1.807, 2.05) is 0 Å². The lowest BCUT2D eigenvalue weighted by atomic mass is 10.5. The molecule has 0 amide bonds. The van der Waals surface area contributed by atoms with E-state index in [9.17, 15) is 0 Å². The molecule has 0 aromatic rings. The minimum atomic E-state index is -0.511. The molecule has 0 atom stereocenters. The van der Waals surface area contributed by atoms with Crippen molar-refractivity contribution in [3.63, 3.8) is 0 Å². The summed E-state index contributed by atoms with van der Waals surface area (Å²) in [4.78, 5) is 0. The predicted molar refractivity (Wildman–Crippen MR) is 48.0 cm³/mol. The average molecular weight is 324 g/mol. The zero-order valence-corrected chi connectivity index (χ0v) is 8.69. The molecule has 1 aliphatic rings. The summed E-state index contributed by atoms with van der Waals surface area (Å²) >= 11 is 5.31. The van der Waals surface area contributed by atoms with Crippen molar-refractivity contribution in [1.29, 1.82) is 0 Å². The van der Waals surface area contributed by atoms with Crippen LogP contribution < -0.4 is 0 Å². The van der Waals surface area contributed by atoms with Gasteiger partial charge in [-0.25, -0.2) is 0 Å². The van der Waals surface area contributed by atoms with Crippen molar-refractivity contribution >= 4 is 46.7 Å². The quantitative estimate of drug-likeness (QED) is 0.365. The number of hydrogen-bond acceptors (Lipinski definition) is 0. The van der Waals surface area contributed by atoms with E-state index in [-0.39, 0.29) is 0 Å². The Balaban J connectivity index is 2.31. The third-order valence-corrected chi connectivity index (χ3v) is 9.73.